The molecule has 0 aliphatic carbocycles. The highest BCUT2D eigenvalue weighted by Gasteiger charge is 2.25. The van der Waals surface area contributed by atoms with Crippen molar-refractivity contribution < 1.29 is 29.3 Å². The van der Waals surface area contributed by atoms with Gasteiger partial charge in [0.25, 0.3) is 0 Å². The van der Waals surface area contributed by atoms with Gasteiger partial charge in [-0.3, -0.25) is 9.59 Å². The molecular weight excluding hydrogens is 444 g/mol. The van der Waals surface area contributed by atoms with Gasteiger partial charge in [0, 0.05) is 17.5 Å². The van der Waals surface area contributed by atoms with E-state index in [0.29, 0.717) is 22.3 Å². The number of benzene rings is 4. The number of ketones is 2. The van der Waals surface area contributed by atoms with E-state index < -0.39 is 0 Å². The van der Waals surface area contributed by atoms with Gasteiger partial charge < -0.3 is 19.7 Å². The molecule has 0 aliphatic rings. The van der Waals surface area contributed by atoms with Crippen LogP contribution in [0.4, 0.5) is 0 Å². The van der Waals surface area contributed by atoms with Crippen molar-refractivity contribution in [2.24, 2.45) is 0 Å². The lowest BCUT2D eigenvalue weighted by atomic mass is 9.93. The van der Waals surface area contributed by atoms with Crippen LogP contribution in [0.15, 0.2) is 84.9 Å². The second-order valence-corrected chi connectivity index (χ2v) is 7.87. The average Bonchev–Trinajstić information content (AvgIpc) is 2.90. The van der Waals surface area contributed by atoms with E-state index in [4.69, 9.17) is 9.47 Å². The fourth-order valence-electron chi connectivity index (χ4n) is 4.09. The number of phenols is 2. The molecule has 0 fully saturated rings. The Kier molecular flexibility index (Phi) is 6.83. The van der Waals surface area contributed by atoms with E-state index in [1.807, 2.05) is 0 Å². The van der Waals surface area contributed by atoms with Gasteiger partial charge in [-0.15, -0.1) is 0 Å². The predicted molar refractivity (Wildman–Crippen MR) is 132 cm³/mol. The Labute approximate surface area is 203 Å². The molecule has 0 saturated carbocycles. The van der Waals surface area contributed by atoms with Crippen LogP contribution in [0.5, 0.6) is 23.0 Å². The van der Waals surface area contributed by atoms with Gasteiger partial charge in [-0.25, -0.2) is 0 Å². The van der Waals surface area contributed by atoms with Crippen molar-refractivity contribution in [2.75, 3.05) is 14.2 Å². The zero-order valence-electron chi connectivity index (χ0n) is 19.3. The molecule has 0 unspecified atom stereocenters. The monoisotopic (exact) mass is 468 g/mol. The number of rotatable bonds is 8. The van der Waals surface area contributed by atoms with Crippen molar-refractivity contribution in [1.82, 2.24) is 0 Å². The lowest BCUT2D eigenvalue weighted by Gasteiger charge is -2.18. The standard InChI is InChI=1S/C29H24O6/c1-34-28-20(13-15-22(30)24(28)26(32)18-9-5-3-6-10-18)17-21-14-16-23(31)25(29(21)35-2)27(33)19-11-7-4-8-12-19/h3-16,30-31H,17H2,1-2H3. The summed E-state index contributed by atoms with van der Waals surface area (Å²) in [5.74, 6) is -0.692. The first kappa shape index (κ1) is 23.6. The largest absolute Gasteiger partial charge is 0.507 e. The van der Waals surface area contributed by atoms with Crippen LogP contribution in [0.3, 0.4) is 0 Å². The van der Waals surface area contributed by atoms with Crippen LogP contribution in [-0.2, 0) is 6.42 Å². The minimum Gasteiger partial charge on any atom is -0.507 e. The first-order valence-corrected chi connectivity index (χ1v) is 10.9. The lowest BCUT2D eigenvalue weighted by molar-refractivity contribution is 0.102. The second kappa shape index (κ2) is 10.1. The molecule has 0 saturated heterocycles. The molecule has 0 bridgehead atoms. The van der Waals surface area contributed by atoms with E-state index in [1.165, 1.54) is 26.4 Å². The second-order valence-electron chi connectivity index (χ2n) is 7.87. The van der Waals surface area contributed by atoms with Crippen molar-refractivity contribution in [3.05, 3.63) is 118 Å². The molecule has 0 aliphatic heterocycles. The SMILES string of the molecule is COc1c(Cc2ccc(O)c(C(=O)c3ccccc3)c2OC)ccc(O)c1C(=O)c1ccccc1. The molecule has 4 aromatic carbocycles. The lowest BCUT2D eigenvalue weighted by Crippen LogP contribution is -2.09. The zero-order chi connectivity index (χ0) is 24.9. The number of methoxy groups -OCH3 is 2. The third kappa shape index (κ3) is 4.59. The molecule has 0 spiro atoms. The highest BCUT2D eigenvalue weighted by Crippen LogP contribution is 2.39. The van der Waals surface area contributed by atoms with Gasteiger partial charge in [0.15, 0.2) is 0 Å². The van der Waals surface area contributed by atoms with Gasteiger partial charge >= 0.3 is 0 Å². The molecule has 0 radical (unpaired) electrons. The highest BCUT2D eigenvalue weighted by atomic mass is 16.5. The van der Waals surface area contributed by atoms with Gasteiger partial charge in [-0.2, -0.15) is 0 Å². The number of carbonyl (C=O) groups is 2. The van der Waals surface area contributed by atoms with E-state index in [0.717, 1.165) is 0 Å². The number of ether oxygens (including phenoxy) is 2. The Morgan fingerprint density at radius 1 is 0.600 bits per heavy atom. The molecule has 0 aromatic heterocycles. The first-order chi connectivity index (χ1) is 17.0. The molecule has 0 amide bonds. The topological polar surface area (TPSA) is 93.1 Å². The molecule has 6 heteroatoms. The summed E-state index contributed by atoms with van der Waals surface area (Å²) in [6.07, 6.45) is 0.219. The Morgan fingerprint density at radius 2 is 0.971 bits per heavy atom. The summed E-state index contributed by atoms with van der Waals surface area (Å²) in [4.78, 5) is 26.4. The maximum atomic E-state index is 13.2. The normalized spacial score (nSPS) is 10.6. The van der Waals surface area contributed by atoms with E-state index in [-0.39, 0.29) is 52.1 Å². The summed E-state index contributed by atoms with van der Waals surface area (Å²) in [7, 11) is 2.86. The van der Waals surface area contributed by atoms with Crippen LogP contribution in [0.2, 0.25) is 0 Å². The number of phenolic OH excluding ortho intramolecular Hbond substituents is 2. The summed E-state index contributed by atoms with van der Waals surface area (Å²) in [5, 5.41) is 21.0. The van der Waals surface area contributed by atoms with Gasteiger partial charge in [-0.1, -0.05) is 72.8 Å². The molecule has 4 aromatic rings. The quantitative estimate of drug-likeness (QED) is 0.347. The van der Waals surface area contributed by atoms with E-state index in [1.54, 1.807) is 72.8 Å². The molecule has 35 heavy (non-hydrogen) atoms. The molecule has 176 valence electrons. The minimum absolute atomic E-state index is 0.0505. The molecule has 0 atom stereocenters. The third-order valence-corrected chi connectivity index (χ3v) is 5.75. The van der Waals surface area contributed by atoms with E-state index >= 15 is 0 Å². The van der Waals surface area contributed by atoms with Crippen molar-refractivity contribution in [3.8, 4) is 23.0 Å². The third-order valence-electron chi connectivity index (χ3n) is 5.75. The van der Waals surface area contributed by atoms with Crippen LogP contribution in [0, 0.1) is 0 Å². The van der Waals surface area contributed by atoms with Crippen molar-refractivity contribution in [2.45, 2.75) is 6.42 Å². The van der Waals surface area contributed by atoms with Crippen LogP contribution >= 0.6 is 0 Å². The average molecular weight is 469 g/mol. The molecule has 0 heterocycles. The molecule has 2 N–H and O–H groups in total. The van der Waals surface area contributed by atoms with Crippen LogP contribution in [-0.4, -0.2) is 36.0 Å². The Hall–Kier alpha value is -4.58. The number of hydrogen-bond acceptors (Lipinski definition) is 6. The van der Waals surface area contributed by atoms with Crippen LogP contribution in [0.25, 0.3) is 0 Å². The number of carbonyl (C=O) groups excluding carboxylic acids is 2. The van der Waals surface area contributed by atoms with E-state index in [2.05, 4.69) is 0 Å². The maximum Gasteiger partial charge on any atom is 0.200 e. The Bertz CT molecular complexity index is 1270. The summed E-state index contributed by atoms with van der Waals surface area (Å²) in [6.45, 7) is 0. The van der Waals surface area contributed by atoms with Crippen molar-refractivity contribution in [3.63, 3.8) is 0 Å². The number of aromatic hydroxyl groups is 2. The highest BCUT2D eigenvalue weighted by molar-refractivity contribution is 6.13. The van der Waals surface area contributed by atoms with Crippen molar-refractivity contribution in [1.29, 1.82) is 0 Å². The summed E-state index contributed by atoms with van der Waals surface area (Å²) < 4.78 is 11.2. The number of hydrogen-bond donors (Lipinski definition) is 2. The fourth-order valence-corrected chi connectivity index (χ4v) is 4.09. The predicted octanol–water partition coefficient (Wildman–Crippen LogP) is 5.17. The van der Waals surface area contributed by atoms with Gasteiger partial charge in [-0.05, 0) is 23.3 Å². The summed E-state index contributed by atoms with van der Waals surface area (Å²) in [6, 6.07) is 23.4. The Morgan fingerprint density at radius 3 is 1.31 bits per heavy atom. The van der Waals surface area contributed by atoms with Gasteiger partial charge in [0.1, 0.15) is 34.1 Å². The van der Waals surface area contributed by atoms with E-state index in [9.17, 15) is 19.8 Å². The van der Waals surface area contributed by atoms with Gasteiger partial charge in [0.05, 0.1) is 14.2 Å². The van der Waals surface area contributed by atoms with Gasteiger partial charge in [0.2, 0.25) is 11.6 Å². The van der Waals surface area contributed by atoms with Crippen LogP contribution < -0.4 is 9.47 Å². The zero-order valence-corrected chi connectivity index (χ0v) is 19.3. The maximum absolute atomic E-state index is 13.2. The van der Waals surface area contributed by atoms with Crippen LogP contribution in [0.1, 0.15) is 43.0 Å². The minimum atomic E-state index is -0.376. The Balaban J connectivity index is 1.80. The first-order valence-electron chi connectivity index (χ1n) is 10.9. The molecule has 4 rings (SSSR count). The fraction of sp³-hybridized carbons (Fsp3) is 0.103. The molecule has 6 nitrogen and oxygen atoms in total. The summed E-state index contributed by atoms with van der Waals surface area (Å²) >= 11 is 0. The summed E-state index contributed by atoms with van der Waals surface area (Å²) in [5.41, 5.74) is 2.13. The molecular formula is C29H24O6. The van der Waals surface area contributed by atoms with Crippen molar-refractivity contribution >= 4 is 11.6 Å². The smallest absolute Gasteiger partial charge is 0.200 e.